The molecule has 1 heterocycles. The van der Waals surface area contributed by atoms with E-state index in [4.69, 9.17) is 0 Å². The minimum atomic E-state index is -3.75. The van der Waals surface area contributed by atoms with Crippen molar-refractivity contribution in [1.82, 2.24) is 4.98 Å². The number of aryl methyl sites for hydroxylation is 1. The average Bonchev–Trinajstić information content (AvgIpc) is 2.66. The summed E-state index contributed by atoms with van der Waals surface area (Å²) < 4.78 is 27.4. The summed E-state index contributed by atoms with van der Waals surface area (Å²) in [6.07, 6.45) is 3.41. The van der Waals surface area contributed by atoms with Crippen molar-refractivity contribution in [2.45, 2.75) is 11.8 Å². The number of hydrogen-bond acceptors (Lipinski definition) is 4. The Morgan fingerprint density at radius 2 is 1.68 bits per heavy atom. The van der Waals surface area contributed by atoms with E-state index in [0.29, 0.717) is 11.3 Å². The van der Waals surface area contributed by atoms with Crippen molar-refractivity contribution >= 4 is 34.0 Å². The van der Waals surface area contributed by atoms with Gasteiger partial charge in [-0.05, 0) is 48.4 Å². The van der Waals surface area contributed by atoms with Crippen LogP contribution in [-0.4, -0.2) is 24.5 Å². The van der Waals surface area contributed by atoms with Gasteiger partial charge in [-0.25, -0.2) is 18.2 Å². The molecule has 0 radical (unpaired) electrons. The maximum Gasteiger partial charge on any atom is 0.336 e. The minimum absolute atomic E-state index is 0.110. The van der Waals surface area contributed by atoms with Gasteiger partial charge in [0.05, 0.1) is 10.5 Å². The molecule has 0 amide bonds. The number of nitrogens with one attached hydrogen (secondary N) is 1. The van der Waals surface area contributed by atoms with Crippen LogP contribution in [0.25, 0.3) is 12.2 Å². The fraction of sp³-hybridized carbons (Fsp3) is 0.0476. The average molecular weight is 394 g/mol. The first-order valence-corrected chi connectivity index (χ1v) is 9.90. The van der Waals surface area contributed by atoms with Crippen LogP contribution in [0.1, 0.15) is 27.2 Å². The van der Waals surface area contributed by atoms with Crippen molar-refractivity contribution in [3.05, 3.63) is 89.1 Å². The third-order valence-electron chi connectivity index (χ3n) is 3.96. The number of aromatic nitrogens is 1. The summed E-state index contributed by atoms with van der Waals surface area (Å²) in [6, 6.07) is 18.0. The number of hydrogen-bond donors (Lipinski definition) is 2. The highest BCUT2D eigenvalue weighted by Crippen LogP contribution is 2.18. The second kappa shape index (κ2) is 8.06. The van der Waals surface area contributed by atoms with Crippen LogP contribution in [0, 0.1) is 6.92 Å². The van der Waals surface area contributed by atoms with E-state index in [1.165, 1.54) is 18.2 Å². The van der Waals surface area contributed by atoms with Gasteiger partial charge in [0.15, 0.2) is 0 Å². The molecule has 0 bridgehead atoms. The van der Waals surface area contributed by atoms with E-state index in [9.17, 15) is 18.3 Å². The number of carboxylic acid groups (broad SMARTS) is 1. The van der Waals surface area contributed by atoms with Crippen molar-refractivity contribution in [3.63, 3.8) is 0 Å². The van der Waals surface area contributed by atoms with Crippen LogP contribution in [0.15, 0.2) is 71.6 Å². The number of aromatic carboxylic acids is 1. The lowest BCUT2D eigenvalue weighted by molar-refractivity contribution is 0.0696. The molecule has 0 aliphatic carbocycles. The Hall–Kier alpha value is -3.45. The number of nitrogens with zero attached hydrogens (tertiary/aromatic N) is 1. The maximum absolute atomic E-state index is 12.5. The van der Waals surface area contributed by atoms with Crippen molar-refractivity contribution in [2.24, 2.45) is 0 Å². The van der Waals surface area contributed by atoms with Gasteiger partial charge in [0, 0.05) is 5.69 Å². The Labute approximate surface area is 163 Å². The molecule has 0 saturated heterocycles. The van der Waals surface area contributed by atoms with Crippen LogP contribution < -0.4 is 4.72 Å². The van der Waals surface area contributed by atoms with Gasteiger partial charge >= 0.3 is 5.97 Å². The highest BCUT2D eigenvalue weighted by Gasteiger charge is 2.14. The van der Waals surface area contributed by atoms with Crippen molar-refractivity contribution in [1.29, 1.82) is 0 Å². The molecule has 142 valence electrons. The van der Waals surface area contributed by atoms with E-state index in [1.807, 2.05) is 0 Å². The topological polar surface area (TPSA) is 96.4 Å². The molecule has 0 fully saturated rings. The Morgan fingerprint density at radius 1 is 0.964 bits per heavy atom. The quantitative estimate of drug-likeness (QED) is 0.615. The molecule has 0 atom stereocenters. The number of carbonyl (C=O) groups is 1. The summed E-state index contributed by atoms with van der Waals surface area (Å²) in [5.74, 6) is -0.744. The molecule has 2 N–H and O–H groups in total. The SMILES string of the molecule is Cc1cccc(NS(=O)(=O)c2ccc(C=Cc3ccccc3C(=O)O)cc2)n1. The predicted octanol–water partition coefficient (Wildman–Crippen LogP) is 4.06. The fourth-order valence-corrected chi connectivity index (χ4v) is 3.58. The Kier molecular flexibility index (Phi) is 5.56. The zero-order valence-corrected chi connectivity index (χ0v) is 15.8. The fourth-order valence-electron chi connectivity index (χ4n) is 2.58. The van der Waals surface area contributed by atoms with Gasteiger partial charge in [0.1, 0.15) is 5.82 Å². The summed E-state index contributed by atoms with van der Waals surface area (Å²) in [5, 5.41) is 9.21. The van der Waals surface area contributed by atoms with E-state index < -0.39 is 16.0 Å². The van der Waals surface area contributed by atoms with E-state index in [1.54, 1.807) is 67.6 Å². The molecule has 3 rings (SSSR count). The van der Waals surface area contributed by atoms with Crippen LogP contribution in [0.2, 0.25) is 0 Å². The molecule has 0 saturated carbocycles. The Bertz CT molecular complexity index is 1140. The molecular formula is C21H18N2O4S. The lowest BCUT2D eigenvalue weighted by Gasteiger charge is -2.08. The molecule has 2 aromatic carbocycles. The smallest absolute Gasteiger partial charge is 0.336 e. The van der Waals surface area contributed by atoms with Crippen molar-refractivity contribution in [2.75, 3.05) is 4.72 Å². The third kappa shape index (κ3) is 4.63. The van der Waals surface area contributed by atoms with Crippen LogP contribution in [-0.2, 0) is 10.0 Å². The van der Waals surface area contributed by atoms with Gasteiger partial charge in [0.25, 0.3) is 10.0 Å². The lowest BCUT2D eigenvalue weighted by atomic mass is 10.1. The highest BCUT2D eigenvalue weighted by atomic mass is 32.2. The molecule has 28 heavy (non-hydrogen) atoms. The summed E-state index contributed by atoms with van der Waals surface area (Å²) in [4.78, 5) is 15.5. The van der Waals surface area contributed by atoms with Crippen molar-refractivity contribution < 1.29 is 18.3 Å². The third-order valence-corrected chi connectivity index (χ3v) is 5.33. The summed E-state index contributed by atoms with van der Waals surface area (Å²) >= 11 is 0. The van der Waals surface area contributed by atoms with E-state index >= 15 is 0 Å². The number of carboxylic acids is 1. The van der Waals surface area contributed by atoms with Crippen LogP contribution in [0.4, 0.5) is 5.82 Å². The molecule has 0 spiro atoms. The molecule has 0 aliphatic rings. The van der Waals surface area contributed by atoms with E-state index in [-0.39, 0.29) is 16.3 Å². The highest BCUT2D eigenvalue weighted by molar-refractivity contribution is 7.92. The summed E-state index contributed by atoms with van der Waals surface area (Å²) in [7, 11) is -3.75. The number of sulfonamides is 1. The Balaban J connectivity index is 1.79. The van der Waals surface area contributed by atoms with Gasteiger partial charge < -0.3 is 5.11 Å². The monoisotopic (exact) mass is 394 g/mol. The number of anilines is 1. The molecule has 6 nitrogen and oxygen atoms in total. The number of pyridine rings is 1. The van der Waals surface area contributed by atoms with Gasteiger partial charge in [-0.3, -0.25) is 4.72 Å². The van der Waals surface area contributed by atoms with E-state index in [0.717, 1.165) is 5.56 Å². The van der Waals surface area contributed by atoms with Gasteiger partial charge in [-0.2, -0.15) is 0 Å². The van der Waals surface area contributed by atoms with Gasteiger partial charge in [-0.1, -0.05) is 48.6 Å². The normalized spacial score (nSPS) is 11.5. The first-order chi connectivity index (χ1) is 13.3. The lowest BCUT2D eigenvalue weighted by Crippen LogP contribution is -2.14. The minimum Gasteiger partial charge on any atom is -0.478 e. The molecule has 3 aromatic rings. The molecule has 0 unspecified atom stereocenters. The largest absolute Gasteiger partial charge is 0.478 e. The maximum atomic E-state index is 12.5. The number of rotatable bonds is 6. The molecule has 0 aliphatic heterocycles. The second-order valence-corrected chi connectivity index (χ2v) is 7.75. The summed E-state index contributed by atoms with van der Waals surface area (Å²) in [6.45, 7) is 1.78. The molecular weight excluding hydrogens is 376 g/mol. The molecule has 7 heteroatoms. The van der Waals surface area contributed by atoms with Gasteiger partial charge in [0.2, 0.25) is 0 Å². The zero-order chi connectivity index (χ0) is 20.1. The first kappa shape index (κ1) is 19.3. The second-order valence-electron chi connectivity index (χ2n) is 6.06. The zero-order valence-electron chi connectivity index (χ0n) is 15.0. The van der Waals surface area contributed by atoms with E-state index in [2.05, 4.69) is 9.71 Å². The van der Waals surface area contributed by atoms with Crippen LogP contribution in [0.3, 0.4) is 0 Å². The summed E-state index contributed by atoms with van der Waals surface area (Å²) in [5.41, 5.74) is 2.22. The van der Waals surface area contributed by atoms with Crippen molar-refractivity contribution in [3.8, 4) is 0 Å². The van der Waals surface area contributed by atoms with Crippen LogP contribution in [0.5, 0.6) is 0 Å². The standard InChI is InChI=1S/C21H18N2O4S/c1-15-5-4-8-20(22-15)23-28(26,27)18-13-10-16(11-14-18)9-12-17-6-2-3-7-19(17)21(24)25/h2-14H,1H3,(H,22,23)(H,24,25). The van der Waals surface area contributed by atoms with Crippen LogP contribution >= 0.6 is 0 Å². The van der Waals surface area contributed by atoms with Gasteiger partial charge in [-0.15, -0.1) is 0 Å². The molecule has 1 aromatic heterocycles. The predicted molar refractivity (Wildman–Crippen MR) is 109 cm³/mol. The number of benzene rings is 2. The first-order valence-electron chi connectivity index (χ1n) is 8.42. The Morgan fingerprint density at radius 3 is 2.36 bits per heavy atom.